The van der Waals surface area contributed by atoms with E-state index in [4.69, 9.17) is 9.72 Å². The van der Waals surface area contributed by atoms with Crippen LogP contribution in [0.15, 0.2) is 35.8 Å². The zero-order valence-electron chi connectivity index (χ0n) is 20.6. The standard InChI is InChI=1S/C26H33FN6OS/c1-4-31-7-9-32(10-8-31)16-19-5-6-24(28-15-19)30-26-29-22(17-35-26)20-13-21(27)25-23(14-20)33(18(2)3)11-12-34-25/h5-6,13-15,17-18H,4,7-12,16H2,1-3H3,(H,28,29,30). The Labute approximate surface area is 210 Å². The number of hydrogen-bond donors (Lipinski definition) is 1. The van der Waals surface area contributed by atoms with E-state index in [0.717, 1.165) is 73.7 Å². The lowest BCUT2D eigenvalue weighted by molar-refractivity contribution is 0.132. The SMILES string of the molecule is CCN1CCN(Cc2ccc(Nc3nc(-c4cc(F)c5c(c4)N(C(C)C)CCO5)cs3)nc2)CC1. The van der Waals surface area contributed by atoms with Gasteiger partial charge < -0.3 is 19.9 Å². The summed E-state index contributed by atoms with van der Waals surface area (Å²) in [6.45, 7) is 14.2. The van der Waals surface area contributed by atoms with E-state index in [0.29, 0.717) is 12.4 Å². The Kier molecular flexibility index (Phi) is 7.17. The van der Waals surface area contributed by atoms with Crippen LogP contribution in [0.1, 0.15) is 26.3 Å². The van der Waals surface area contributed by atoms with Crippen LogP contribution < -0.4 is 15.0 Å². The van der Waals surface area contributed by atoms with Crippen LogP contribution in [0.25, 0.3) is 11.3 Å². The van der Waals surface area contributed by atoms with Gasteiger partial charge in [-0.2, -0.15) is 0 Å². The van der Waals surface area contributed by atoms with Gasteiger partial charge in [0.05, 0.1) is 17.9 Å². The molecule has 9 heteroatoms. The number of pyridine rings is 1. The van der Waals surface area contributed by atoms with Gasteiger partial charge in [-0.25, -0.2) is 14.4 Å². The van der Waals surface area contributed by atoms with E-state index < -0.39 is 0 Å². The van der Waals surface area contributed by atoms with E-state index in [1.165, 1.54) is 23.0 Å². The highest BCUT2D eigenvalue weighted by molar-refractivity contribution is 7.14. The first-order chi connectivity index (χ1) is 17.0. The van der Waals surface area contributed by atoms with Crippen molar-refractivity contribution in [1.82, 2.24) is 19.8 Å². The minimum absolute atomic E-state index is 0.259. The number of benzene rings is 1. The second kappa shape index (κ2) is 10.5. The minimum atomic E-state index is -0.348. The van der Waals surface area contributed by atoms with Crippen molar-refractivity contribution in [2.24, 2.45) is 0 Å². The molecule has 2 aromatic heterocycles. The summed E-state index contributed by atoms with van der Waals surface area (Å²) in [5.74, 6) is 0.735. The molecule has 1 aromatic carbocycles. The summed E-state index contributed by atoms with van der Waals surface area (Å²) < 4.78 is 20.5. The average Bonchev–Trinajstić information content (AvgIpc) is 3.34. The van der Waals surface area contributed by atoms with Crippen LogP contribution in [0, 0.1) is 5.82 Å². The number of thiazole rings is 1. The van der Waals surface area contributed by atoms with E-state index in [1.54, 1.807) is 0 Å². The van der Waals surface area contributed by atoms with Crippen LogP contribution in [-0.2, 0) is 6.54 Å². The van der Waals surface area contributed by atoms with Gasteiger partial charge >= 0.3 is 0 Å². The molecule has 0 unspecified atom stereocenters. The van der Waals surface area contributed by atoms with E-state index in [-0.39, 0.29) is 11.9 Å². The first-order valence-electron chi connectivity index (χ1n) is 12.4. The number of nitrogens with one attached hydrogen (secondary N) is 1. The number of nitrogens with zero attached hydrogens (tertiary/aromatic N) is 5. The van der Waals surface area contributed by atoms with Crippen molar-refractivity contribution in [1.29, 1.82) is 0 Å². The fourth-order valence-corrected chi connectivity index (χ4v) is 5.40. The smallest absolute Gasteiger partial charge is 0.188 e. The predicted molar refractivity (Wildman–Crippen MR) is 140 cm³/mol. The van der Waals surface area contributed by atoms with Gasteiger partial charge in [-0.15, -0.1) is 11.3 Å². The third kappa shape index (κ3) is 5.42. The molecule has 0 spiro atoms. The Morgan fingerprint density at radius 3 is 2.63 bits per heavy atom. The van der Waals surface area contributed by atoms with Crippen LogP contribution in [0.5, 0.6) is 5.75 Å². The zero-order chi connectivity index (χ0) is 24.4. The summed E-state index contributed by atoms with van der Waals surface area (Å²) >= 11 is 1.48. The average molecular weight is 497 g/mol. The lowest BCUT2D eigenvalue weighted by Gasteiger charge is -2.34. The molecule has 4 heterocycles. The van der Waals surface area contributed by atoms with E-state index in [1.807, 2.05) is 23.7 Å². The van der Waals surface area contributed by atoms with Crippen LogP contribution in [0.2, 0.25) is 0 Å². The summed E-state index contributed by atoms with van der Waals surface area (Å²) in [4.78, 5) is 16.4. The van der Waals surface area contributed by atoms with Gasteiger partial charge in [0.15, 0.2) is 16.7 Å². The van der Waals surface area contributed by atoms with Gasteiger partial charge in [-0.3, -0.25) is 4.90 Å². The number of anilines is 3. The molecule has 0 aliphatic carbocycles. The number of ether oxygens (including phenoxy) is 1. The Morgan fingerprint density at radius 1 is 1.11 bits per heavy atom. The number of aromatic nitrogens is 2. The molecule has 7 nitrogen and oxygen atoms in total. The molecular formula is C26H33FN6OS. The molecule has 1 saturated heterocycles. The van der Waals surface area contributed by atoms with Crippen molar-refractivity contribution >= 4 is 28.0 Å². The van der Waals surface area contributed by atoms with Crippen molar-refractivity contribution in [2.45, 2.75) is 33.4 Å². The van der Waals surface area contributed by atoms with Crippen molar-refractivity contribution in [3.05, 3.63) is 47.2 Å². The van der Waals surface area contributed by atoms with Gasteiger partial charge in [-0.1, -0.05) is 13.0 Å². The highest BCUT2D eigenvalue weighted by Gasteiger charge is 2.25. The van der Waals surface area contributed by atoms with E-state index in [2.05, 4.69) is 51.8 Å². The monoisotopic (exact) mass is 496 g/mol. The molecule has 0 amide bonds. The topological polar surface area (TPSA) is 56.8 Å². The fraction of sp³-hybridized carbons (Fsp3) is 0.462. The number of likely N-dealkylation sites (N-methyl/N-ethyl adjacent to an activating group) is 1. The maximum atomic E-state index is 14.8. The Hall–Kier alpha value is -2.75. The quantitative estimate of drug-likeness (QED) is 0.503. The molecule has 3 aromatic rings. The number of piperazine rings is 1. The molecular weight excluding hydrogens is 463 g/mol. The Balaban J connectivity index is 1.25. The molecule has 0 atom stereocenters. The van der Waals surface area contributed by atoms with Crippen molar-refractivity contribution in [2.75, 3.05) is 56.1 Å². The van der Waals surface area contributed by atoms with Crippen LogP contribution in [-0.4, -0.2) is 71.7 Å². The van der Waals surface area contributed by atoms with Crippen LogP contribution in [0.4, 0.5) is 21.0 Å². The first kappa shape index (κ1) is 24.0. The highest BCUT2D eigenvalue weighted by atomic mass is 32.1. The number of halogens is 1. The largest absolute Gasteiger partial charge is 0.486 e. The lowest BCUT2D eigenvalue weighted by Crippen LogP contribution is -2.45. The highest BCUT2D eigenvalue weighted by Crippen LogP contribution is 2.39. The Morgan fingerprint density at radius 2 is 1.91 bits per heavy atom. The van der Waals surface area contributed by atoms with E-state index in [9.17, 15) is 4.39 Å². The molecule has 0 saturated carbocycles. The second-order valence-electron chi connectivity index (χ2n) is 9.37. The van der Waals surface area contributed by atoms with Crippen molar-refractivity contribution in [3.63, 3.8) is 0 Å². The van der Waals surface area contributed by atoms with E-state index >= 15 is 0 Å². The van der Waals surface area contributed by atoms with Crippen molar-refractivity contribution < 1.29 is 9.13 Å². The summed E-state index contributed by atoms with van der Waals surface area (Å²) in [6, 6.07) is 7.86. The molecule has 2 aliphatic rings. The first-order valence-corrected chi connectivity index (χ1v) is 13.2. The van der Waals surface area contributed by atoms with Gasteiger partial charge in [0.1, 0.15) is 12.4 Å². The maximum absolute atomic E-state index is 14.8. The minimum Gasteiger partial charge on any atom is -0.486 e. The summed E-state index contributed by atoms with van der Waals surface area (Å²) in [5.41, 5.74) is 3.48. The number of rotatable bonds is 7. The van der Waals surface area contributed by atoms with Crippen LogP contribution in [0.3, 0.4) is 0 Å². The molecule has 186 valence electrons. The normalized spacial score (nSPS) is 16.9. The summed E-state index contributed by atoms with van der Waals surface area (Å²) in [6.07, 6.45) is 1.93. The van der Waals surface area contributed by atoms with Crippen molar-refractivity contribution in [3.8, 4) is 17.0 Å². The van der Waals surface area contributed by atoms with Gasteiger partial charge in [0.2, 0.25) is 0 Å². The molecule has 5 rings (SSSR count). The summed E-state index contributed by atoms with van der Waals surface area (Å²) in [7, 11) is 0. The zero-order valence-corrected chi connectivity index (χ0v) is 21.4. The number of fused-ring (bicyclic) bond motifs is 1. The molecule has 2 aliphatic heterocycles. The maximum Gasteiger partial charge on any atom is 0.188 e. The molecule has 35 heavy (non-hydrogen) atoms. The van der Waals surface area contributed by atoms with Crippen LogP contribution >= 0.6 is 11.3 Å². The number of hydrogen-bond acceptors (Lipinski definition) is 8. The fourth-order valence-electron chi connectivity index (χ4n) is 4.67. The third-order valence-corrected chi connectivity index (χ3v) is 7.47. The lowest BCUT2D eigenvalue weighted by atomic mass is 10.1. The van der Waals surface area contributed by atoms with Gasteiger partial charge in [0, 0.05) is 55.9 Å². The summed E-state index contributed by atoms with van der Waals surface area (Å²) in [5, 5.41) is 5.96. The van der Waals surface area contributed by atoms with Gasteiger partial charge in [0.25, 0.3) is 0 Å². The Bertz CT molecular complexity index is 1140. The molecule has 0 radical (unpaired) electrons. The van der Waals surface area contributed by atoms with Gasteiger partial charge in [-0.05, 0) is 44.2 Å². The third-order valence-electron chi connectivity index (χ3n) is 6.71. The second-order valence-corrected chi connectivity index (χ2v) is 10.2. The molecule has 1 fully saturated rings. The molecule has 1 N–H and O–H groups in total. The molecule has 0 bridgehead atoms. The predicted octanol–water partition coefficient (Wildman–Crippen LogP) is 4.83.